The Hall–Kier alpha value is -1.77. The fourth-order valence-corrected chi connectivity index (χ4v) is 0.916. The highest BCUT2D eigenvalue weighted by Gasteiger charge is 1.99. The van der Waals surface area contributed by atoms with Gasteiger partial charge in [-0.1, -0.05) is 24.3 Å². The van der Waals surface area contributed by atoms with Crippen LogP contribution in [0.2, 0.25) is 0 Å². The average Bonchev–Trinajstić information content (AvgIpc) is 2.25. The van der Waals surface area contributed by atoms with Gasteiger partial charge < -0.3 is 10.1 Å². The van der Waals surface area contributed by atoms with Gasteiger partial charge in [0.25, 0.3) is 0 Å². The Morgan fingerprint density at radius 1 is 1.43 bits per heavy atom. The number of benzene rings is 1. The lowest BCUT2D eigenvalue weighted by Crippen LogP contribution is -2.14. The maximum Gasteiger partial charge on any atom is 0.330 e. The Kier molecular flexibility index (Phi) is 4.27. The van der Waals surface area contributed by atoms with E-state index in [0.717, 1.165) is 5.69 Å². The minimum Gasteiger partial charge on any atom is -0.434 e. The van der Waals surface area contributed by atoms with E-state index in [1.165, 1.54) is 6.26 Å². The standard InChI is InChI=1S/C11H13NO2/c1-2-8-14-11(13)9-12-10-6-4-3-5-7-10/h2-8,12H,9H2,1H3. The van der Waals surface area contributed by atoms with Crippen molar-refractivity contribution in [3.63, 3.8) is 0 Å². The first kappa shape index (κ1) is 10.3. The summed E-state index contributed by atoms with van der Waals surface area (Å²) >= 11 is 0. The lowest BCUT2D eigenvalue weighted by molar-refractivity contribution is -0.135. The topological polar surface area (TPSA) is 38.3 Å². The molecule has 0 radical (unpaired) electrons. The molecule has 0 unspecified atom stereocenters. The monoisotopic (exact) mass is 191 g/mol. The number of rotatable bonds is 4. The number of ether oxygens (including phenoxy) is 1. The van der Waals surface area contributed by atoms with Gasteiger partial charge in [0.1, 0.15) is 6.54 Å². The minimum atomic E-state index is -0.299. The van der Waals surface area contributed by atoms with Crippen molar-refractivity contribution in [2.45, 2.75) is 6.92 Å². The predicted octanol–water partition coefficient (Wildman–Crippen LogP) is 2.18. The van der Waals surface area contributed by atoms with E-state index in [0.29, 0.717) is 0 Å². The fourth-order valence-electron chi connectivity index (χ4n) is 0.916. The maximum absolute atomic E-state index is 11.0. The zero-order chi connectivity index (χ0) is 10.2. The second-order valence-electron chi connectivity index (χ2n) is 2.68. The van der Waals surface area contributed by atoms with Crippen molar-refractivity contribution in [3.8, 4) is 0 Å². The van der Waals surface area contributed by atoms with Gasteiger partial charge in [-0.15, -0.1) is 0 Å². The summed E-state index contributed by atoms with van der Waals surface area (Å²) < 4.78 is 4.73. The summed E-state index contributed by atoms with van der Waals surface area (Å²) in [5, 5.41) is 2.94. The van der Waals surface area contributed by atoms with Gasteiger partial charge in [-0.05, 0) is 19.1 Å². The molecule has 0 aliphatic heterocycles. The van der Waals surface area contributed by atoms with Crippen molar-refractivity contribution in [2.24, 2.45) is 0 Å². The molecule has 0 saturated carbocycles. The third kappa shape index (κ3) is 3.76. The zero-order valence-corrected chi connectivity index (χ0v) is 8.07. The molecule has 0 fully saturated rings. The summed E-state index contributed by atoms with van der Waals surface area (Å²) in [5.41, 5.74) is 0.907. The van der Waals surface area contributed by atoms with Crippen LogP contribution in [0.4, 0.5) is 5.69 Å². The second-order valence-corrected chi connectivity index (χ2v) is 2.68. The van der Waals surface area contributed by atoms with E-state index in [9.17, 15) is 4.79 Å². The van der Waals surface area contributed by atoms with Gasteiger partial charge in [-0.3, -0.25) is 0 Å². The number of hydrogen-bond acceptors (Lipinski definition) is 3. The Labute approximate surface area is 83.4 Å². The summed E-state index contributed by atoms with van der Waals surface area (Å²) in [6.07, 6.45) is 3.04. The van der Waals surface area contributed by atoms with Gasteiger partial charge in [0.05, 0.1) is 6.26 Å². The first-order chi connectivity index (χ1) is 6.83. The van der Waals surface area contributed by atoms with E-state index in [-0.39, 0.29) is 12.5 Å². The molecule has 0 bridgehead atoms. The summed E-state index contributed by atoms with van der Waals surface area (Å²) in [6.45, 7) is 1.96. The molecule has 14 heavy (non-hydrogen) atoms. The molecule has 0 aromatic heterocycles. The quantitative estimate of drug-likeness (QED) is 0.585. The molecule has 0 aliphatic rings. The third-order valence-corrected chi connectivity index (χ3v) is 1.55. The number of hydrogen-bond donors (Lipinski definition) is 1. The molecule has 3 heteroatoms. The number of nitrogens with one attached hydrogen (secondary N) is 1. The van der Waals surface area contributed by atoms with Crippen LogP contribution in [0.25, 0.3) is 0 Å². The molecule has 1 aromatic rings. The third-order valence-electron chi connectivity index (χ3n) is 1.55. The van der Waals surface area contributed by atoms with Crippen molar-refractivity contribution in [2.75, 3.05) is 11.9 Å². The zero-order valence-electron chi connectivity index (χ0n) is 8.07. The molecular formula is C11H13NO2. The van der Waals surface area contributed by atoms with Crippen LogP contribution in [0, 0.1) is 0 Å². The van der Waals surface area contributed by atoms with Crippen LogP contribution in [0.3, 0.4) is 0 Å². The van der Waals surface area contributed by atoms with Crippen LogP contribution >= 0.6 is 0 Å². The first-order valence-electron chi connectivity index (χ1n) is 4.42. The highest BCUT2D eigenvalue weighted by atomic mass is 16.5. The molecule has 0 atom stereocenters. The first-order valence-corrected chi connectivity index (χ1v) is 4.42. The largest absolute Gasteiger partial charge is 0.434 e. The van der Waals surface area contributed by atoms with E-state index in [1.54, 1.807) is 13.0 Å². The van der Waals surface area contributed by atoms with Crippen LogP contribution in [-0.2, 0) is 9.53 Å². The van der Waals surface area contributed by atoms with Gasteiger partial charge in [-0.25, -0.2) is 4.79 Å². The normalized spacial score (nSPS) is 10.1. The number of allylic oxidation sites excluding steroid dienone is 1. The van der Waals surface area contributed by atoms with E-state index in [2.05, 4.69) is 5.32 Å². The van der Waals surface area contributed by atoms with E-state index < -0.39 is 0 Å². The SMILES string of the molecule is CC=COC(=O)CNc1ccccc1. The highest BCUT2D eigenvalue weighted by molar-refractivity contribution is 5.75. The molecule has 0 saturated heterocycles. The molecule has 0 aliphatic carbocycles. The Balaban J connectivity index is 2.31. The Morgan fingerprint density at radius 3 is 2.79 bits per heavy atom. The summed E-state index contributed by atoms with van der Waals surface area (Å²) in [4.78, 5) is 11.0. The van der Waals surface area contributed by atoms with Gasteiger partial charge >= 0.3 is 5.97 Å². The van der Waals surface area contributed by atoms with Gasteiger partial charge in [-0.2, -0.15) is 0 Å². The molecular weight excluding hydrogens is 178 g/mol. The van der Waals surface area contributed by atoms with Crippen LogP contribution < -0.4 is 5.32 Å². The molecule has 3 nitrogen and oxygen atoms in total. The van der Waals surface area contributed by atoms with Crippen LogP contribution in [-0.4, -0.2) is 12.5 Å². The lowest BCUT2D eigenvalue weighted by atomic mass is 10.3. The number of anilines is 1. The van der Waals surface area contributed by atoms with Crippen molar-refractivity contribution in [3.05, 3.63) is 42.7 Å². The van der Waals surface area contributed by atoms with Gasteiger partial charge in [0.2, 0.25) is 0 Å². The van der Waals surface area contributed by atoms with Crippen molar-refractivity contribution >= 4 is 11.7 Å². The molecule has 0 amide bonds. The average molecular weight is 191 g/mol. The summed E-state index contributed by atoms with van der Waals surface area (Å²) in [6, 6.07) is 9.51. The van der Waals surface area contributed by atoms with E-state index >= 15 is 0 Å². The van der Waals surface area contributed by atoms with Crippen LogP contribution in [0.1, 0.15) is 6.92 Å². The van der Waals surface area contributed by atoms with E-state index in [4.69, 9.17) is 4.74 Å². The van der Waals surface area contributed by atoms with Gasteiger partial charge in [0.15, 0.2) is 0 Å². The highest BCUT2D eigenvalue weighted by Crippen LogP contribution is 2.03. The smallest absolute Gasteiger partial charge is 0.330 e. The molecule has 0 heterocycles. The van der Waals surface area contributed by atoms with Crippen molar-refractivity contribution < 1.29 is 9.53 Å². The molecule has 74 valence electrons. The number of para-hydroxylation sites is 1. The van der Waals surface area contributed by atoms with Gasteiger partial charge in [0, 0.05) is 5.69 Å². The number of esters is 1. The second kappa shape index (κ2) is 5.80. The minimum absolute atomic E-state index is 0.175. The van der Waals surface area contributed by atoms with E-state index in [1.807, 2.05) is 30.3 Å². The number of carbonyl (C=O) groups is 1. The fraction of sp³-hybridized carbons (Fsp3) is 0.182. The maximum atomic E-state index is 11.0. The number of carbonyl (C=O) groups excluding carboxylic acids is 1. The molecule has 1 rings (SSSR count). The molecule has 1 N–H and O–H groups in total. The Morgan fingerprint density at radius 2 is 2.14 bits per heavy atom. The van der Waals surface area contributed by atoms with Crippen molar-refractivity contribution in [1.82, 2.24) is 0 Å². The summed E-state index contributed by atoms with van der Waals surface area (Å²) in [5.74, 6) is -0.299. The van der Waals surface area contributed by atoms with Crippen LogP contribution in [0.5, 0.6) is 0 Å². The predicted molar refractivity (Wildman–Crippen MR) is 55.8 cm³/mol. The molecule has 1 aromatic carbocycles. The summed E-state index contributed by atoms with van der Waals surface area (Å²) in [7, 11) is 0. The Bertz CT molecular complexity index is 306. The lowest BCUT2D eigenvalue weighted by Gasteiger charge is -2.03. The van der Waals surface area contributed by atoms with Crippen LogP contribution in [0.15, 0.2) is 42.7 Å². The van der Waals surface area contributed by atoms with Crippen molar-refractivity contribution in [1.29, 1.82) is 0 Å². The molecule has 0 spiro atoms.